The van der Waals surface area contributed by atoms with Gasteiger partial charge in [0.05, 0.1) is 18.8 Å². The Labute approximate surface area is 141 Å². The molecule has 0 saturated carbocycles. The van der Waals surface area contributed by atoms with Crippen molar-refractivity contribution in [2.45, 2.75) is 25.3 Å². The monoisotopic (exact) mass is 331 g/mol. The van der Waals surface area contributed by atoms with Gasteiger partial charge in [-0.2, -0.15) is 5.26 Å². The lowest BCUT2D eigenvalue weighted by atomic mass is 9.99. The first-order chi connectivity index (χ1) is 11.7. The van der Waals surface area contributed by atoms with Gasteiger partial charge in [-0.25, -0.2) is 4.39 Å². The minimum absolute atomic E-state index is 0.0809. The molecule has 24 heavy (non-hydrogen) atoms. The van der Waals surface area contributed by atoms with Crippen LogP contribution in [0.15, 0.2) is 18.2 Å². The van der Waals surface area contributed by atoms with E-state index < -0.39 is 5.82 Å². The molecule has 0 bridgehead atoms. The molecule has 2 heterocycles. The smallest absolute Gasteiger partial charge is 0.254 e. The Kier molecular flexibility index (Phi) is 5.44. The summed E-state index contributed by atoms with van der Waals surface area (Å²) in [5.41, 5.74) is 0.310. The number of nitrogens with zero attached hydrogens (tertiary/aromatic N) is 3. The number of amides is 1. The van der Waals surface area contributed by atoms with E-state index in [-0.39, 0.29) is 17.5 Å². The van der Waals surface area contributed by atoms with E-state index >= 15 is 0 Å². The Morgan fingerprint density at radius 2 is 2.08 bits per heavy atom. The molecule has 0 aromatic heterocycles. The molecular formula is C18H22FN3O2. The second kappa shape index (κ2) is 7.73. The van der Waals surface area contributed by atoms with Gasteiger partial charge < -0.3 is 9.64 Å². The Morgan fingerprint density at radius 1 is 1.29 bits per heavy atom. The minimum Gasteiger partial charge on any atom is -0.379 e. The third-order valence-corrected chi connectivity index (χ3v) is 4.79. The van der Waals surface area contributed by atoms with Crippen LogP contribution in [0.3, 0.4) is 0 Å². The lowest BCUT2D eigenvalue weighted by Crippen LogP contribution is -2.51. The number of rotatable bonds is 3. The van der Waals surface area contributed by atoms with Crippen molar-refractivity contribution in [1.29, 1.82) is 5.26 Å². The van der Waals surface area contributed by atoms with Gasteiger partial charge in [-0.05, 0) is 37.5 Å². The third-order valence-electron chi connectivity index (χ3n) is 4.79. The average Bonchev–Trinajstić information content (AvgIpc) is 2.63. The second-order valence-corrected chi connectivity index (χ2v) is 6.37. The molecule has 0 N–H and O–H groups in total. The zero-order valence-electron chi connectivity index (χ0n) is 13.7. The van der Waals surface area contributed by atoms with E-state index in [0.717, 1.165) is 52.1 Å². The number of benzene rings is 1. The van der Waals surface area contributed by atoms with Gasteiger partial charge in [0.2, 0.25) is 0 Å². The van der Waals surface area contributed by atoms with Crippen molar-refractivity contribution in [2.24, 2.45) is 0 Å². The Hall–Kier alpha value is -1.97. The molecule has 128 valence electrons. The summed E-state index contributed by atoms with van der Waals surface area (Å²) in [6.45, 7) is 4.84. The molecule has 0 spiro atoms. The van der Waals surface area contributed by atoms with Crippen LogP contribution < -0.4 is 0 Å². The molecule has 1 atom stereocenters. The number of hydrogen-bond donors (Lipinski definition) is 0. The lowest BCUT2D eigenvalue weighted by molar-refractivity contribution is 0.0166. The van der Waals surface area contributed by atoms with E-state index in [1.807, 2.05) is 4.90 Å². The molecule has 5 nitrogen and oxygen atoms in total. The first kappa shape index (κ1) is 16.9. The predicted octanol–water partition coefficient (Wildman–Crippen LogP) is 2.02. The van der Waals surface area contributed by atoms with Crippen LogP contribution in [0.1, 0.15) is 35.2 Å². The fourth-order valence-corrected chi connectivity index (χ4v) is 3.45. The van der Waals surface area contributed by atoms with E-state index in [0.29, 0.717) is 12.1 Å². The van der Waals surface area contributed by atoms with E-state index in [1.54, 1.807) is 6.07 Å². The summed E-state index contributed by atoms with van der Waals surface area (Å²) in [6.07, 6.45) is 3.08. The van der Waals surface area contributed by atoms with Crippen LogP contribution in [0.5, 0.6) is 0 Å². The number of piperidine rings is 1. The second-order valence-electron chi connectivity index (χ2n) is 6.37. The number of nitriles is 1. The summed E-state index contributed by atoms with van der Waals surface area (Å²) in [4.78, 5) is 17.1. The van der Waals surface area contributed by atoms with Gasteiger partial charge in [0, 0.05) is 37.8 Å². The molecule has 2 aliphatic rings. The molecule has 2 saturated heterocycles. The Bertz CT molecular complexity index is 638. The number of morpholine rings is 1. The van der Waals surface area contributed by atoms with Crippen molar-refractivity contribution in [1.82, 2.24) is 9.80 Å². The number of carbonyl (C=O) groups is 1. The lowest BCUT2D eigenvalue weighted by Gasteiger charge is -2.39. The van der Waals surface area contributed by atoms with E-state index in [2.05, 4.69) is 4.90 Å². The van der Waals surface area contributed by atoms with Crippen molar-refractivity contribution in [3.05, 3.63) is 35.1 Å². The third kappa shape index (κ3) is 3.74. The van der Waals surface area contributed by atoms with Gasteiger partial charge in [-0.3, -0.25) is 9.69 Å². The number of ether oxygens (including phenoxy) is 1. The summed E-state index contributed by atoms with van der Waals surface area (Å²) in [7, 11) is 0. The van der Waals surface area contributed by atoms with Gasteiger partial charge in [-0.1, -0.05) is 0 Å². The van der Waals surface area contributed by atoms with Gasteiger partial charge in [0.15, 0.2) is 0 Å². The van der Waals surface area contributed by atoms with Crippen LogP contribution >= 0.6 is 0 Å². The van der Waals surface area contributed by atoms with Gasteiger partial charge in [0.1, 0.15) is 11.9 Å². The average molecular weight is 331 g/mol. The Balaban J connectivity index is 1.74. The van der Waals surface area contributed by atoms with Crippen LogP contribution in [0, 0.1) is 17.1 Å². The van der Waals surface area contributed by atoms with Crippen molar-refractivity contribution in [3.63, 3.8) is 0 Å². The first-order valence-electron chi connectivity index (χ1n) is 8.50. The molecule has 1 aromatic rings. The molecule has 1 unspecified atom stereocenters. The highest BCUT2D eigenvalue weighted by Crippen LogP contribution is 2.22. The van der Waals surface area contributed by atoms with E-state index in [9.17, 15) is 9.18 Å². The number of hydrogen-bond acceptors (Lipinski definition) is 4. The van der Waals surface area contributed by atoms with Crippen molar-refractivity contribution >= 4 is 5.91 Å². The minimum atomic E-state index is -0.586. The highest BCUT2D eigenvalue weighted by molar-refractivity contribution is 5.94. The zero-order valence-corrected chi connectivity index (χ0v) is 13.7. The zero-order chi connectivity index (χ0) is 16.9. The number of likely N-dealkylation sites (tertiary alicyclic amines) is 1. The Morgan fingerprint density at radius 3 is 2.83 bits per heavy atom. The van der Waals surface area contributed by atoms with Crippen LogP contribution in [-0.2, 0) is 4.74 Å². The summed E-state index contributed by atoms with van der Waals surface area (Å²) >= 11 is 0. The van der Waals surface area contributed by atoms with Crippen LogP contribution in [-0.4, -0.2) is 61.1 Å². The van der Waals surface area contributed by atoms with Gasteiger partial charge in [-0.15, -0.1) is 0 Å². The molecule has 1 amide bonds. The van der Waals surface area contributed by atoms with Crippen molar-refractivity contribution in [2.75, 3.05) is 39.4 Å². The van der Waals surface area contributed by atoms with E-state index in [1.165, 1.54) is 18.2 Å². The molecular weight excluding hydrogens is 309 g/mol. The molecule has 2 fully saturated rings. The van der Waals surface area contributed by atoms with Crippen molar-refractivity contribution in [3.8, 4) is 6.07 Å². The number of halogens is 1. The fourth-order valence-electron chi connectivity index (χ4n) is 3.45. The van der Waals surface area contributed by atoms with Crippen molar-refractivity contribution < 1.29 is 13.9 Å². The molecule has 0 aliphatic carbocycles. The standard InChI is InChI=1S/C18H22FN3O2/c19-17-5-4-14(11-15(17)12-20)18(23)22-6-2-1-3-16(22)13-21-7-9-24-10-8-21/h4-5,11,16H,1-3,6-10,13H2. The summed E-state index contributed by atoms with van der Waals surface area (Å²) < 4.78 is 18.9. The molecule has 3 rings (SSSR count). The topological polar surface area (TPSA) is 56.6 Å². The molecule has 0 radical (unpaired) electrons. The SMILES string of the molecule is N#Cc1cc(C(=O)N2CCCCC2CN2CCOCC2)ccc1F. The molecule has 2 aliphatic heterocycles. The molecule has 6 heteroatoms. The first-order valence-corrected chi connectivity index (χ1v) is 8.50. The quantitative estimate of drug-likeness (QED) is 0.850. The summed E-state index contributed by atoms with van der Waals surface area (Å²) in [5, 5.41) is 8.97. The fraction of sp³-hybridized carbons (Fsp3) is 0.556. The number of carbonyl (C=O) groups excluding carboxylic acids is 1. The van der Waals surface area contributed by atoms with Crippen LogP contribution in [0.25, 0.3) is 0 Å². The highest BCUT2D eigenvalue weighted by atomic mass is 19.1. The normalized spacial score (nSPS) is 22.2. The largest absolute Gasteiger partial charge is 0.379 e. The predicted molar refractivity (Wildman–Crippen MR) is 87.0 cm³/mol. The summed E-state index contributed by atoms with van der Waals surface area (Å²) in [5.74, 6) is -0.693. The maximum absolute atomic E-state index is 13.5. The van der Waals surface area contributed by atoms with Gasteiger partial charge in [0.25, 0.3) is 5.91 Å². The van der Waals surface area contributed by atoms with E-state index in [4.69, 9.17) is 10.00 Å². The van der Waals surface area contributed by atoms with Crippen LogP contribution in [0.4, 0.5) is 4.39 Å². The van der Waals surface area contributed by atoms with Gasteiger partial charge >= 0.3 is 0 Å². The van der Waals surface area contributed by atoms with Crippen LogP contribution in [0.2, 0.25) is 0 Å². The highest BCUT2D eigenvalue weighted by Gasteiger charge is 2.29. The summed E-state index contributed by atoms with van der Waals surface area (Å²) in [6, 6.07) is 6.00. The molecule has 1 aromatic carbocycles. The maximum atomic E-state index is 13.5. The maximum Gasteiger partial charge on any atom is 0.254 e.